The fourth-order valence-corrected chi connectivity index (χ4v) is 1.90. The largest absolute Gasteiger partial charge is 0.411 e. The predicted octanol–water partition coefficient (Wildman–Crippen LogP) is 4.01. The van der Waals surface area contributed by atoms with Crippen molar-refractivity contribution in [3.05, 3.63) is 0 Å². The normalized spacial score (nSPS) is 15.8. The molecule has 0 aliphatic carbocycles. The van der Waals surface area contributed by atoms with Crippen LogP contribution in [0.1, 0.15) is 47.0 Å². The highest BCUT2D eigenvalue weighted by Gasteiger charge is 2.29. The number of halogens is 3. The van der Waals surface area contributed by atoms with E-state index in [4.69, 9.17) is 0 Å². The van der Waals surface area contributed by atoms with Crippen LogP contribution in [0, 0.1) is 11.3 Å². The molecule has 0 aliphatic rings. The van der Waals surface area contributed by atoms with Gasteiger partial charge in [-0.3, -0.25) is 0 Å². The maximum Gasteiger partial charge on any atom is 0.411 e. The average Bonchev–Trinajstić information content (AvgIpc) is 2.27. The number of alkyl halides is 3. The molecule has 0 heterocycles. The molecule has 0 aromatic heterocycles. The summed E-state index contributed by atoms with van der Waals surface area (Å²) in [5.41, 5.74) is 0.108. The van der Waals surface area contributed by atoms with Gasteiger partial charge in [0.25, 0.3) is 0 Å². The quantitative estimate of drug-likeness (QED) is 0.612. The summed E-state index contributed by atoms with van der Waals surface area (Å²) in [7, 11) is 0. The van der Waals surface area contributed by atoms with Crippen LogP contribution in [0.3, 0.4) is 0 Å². The molecule has 0 amide bonds. The van der Waals surface area contributed by atoms with Crippen LogP contribution < -0.4 is 5.32 Å². The molecule has 0 saturated carbocycles. The Morgan fingerprint density at radius 2 is 1.84 bits per heavy atom. The third kappa shape index (κ3) is 9.27. The molecular weight excluding hydrogens is 255 g/mol. The van der Waals surface area contributed by atoms with Gasteiger partial charge in [-0.15, -0.1) is 0 Å². The van der Waals surface area contributed by atoms with Crippen LogP contribution in [0.25, 0.3) is 0 Å². The first kappa shape index (κ1) is 18.7. The minimum Gasteiger partial charge on any atom is -0.372 e. The van der Waals surface area contributed by atoms with E-state index in [-0.39, 0.29) is 12.0 Å². The van der Waals surface area contributed by atoms with Gasteiger partial charge in [-0.2, -0.15) is 13.2 Å². The third-order valence-corrected chi connectivity index (χ3v) is 3.65. The SMILES string of the molecule is CCCNCC(C)(CCCOCC(F)(F)F)C(C)C. The van der Waals surface area contributed by atoms with E-state index in [0.29, 0.717) is 12.3 Å². The Hall–Kier alpha value is -0.290. The molecule has 0 bridgehead atoms. The van der Waals surface area contributed by atoms with E-state index in [1.807, 2.05) is 0 Å². The van der Waals surface area contributed by atoms with E-state index in [1.165, 1.54) is 0 Å². The monoisotopic (exact) mass is 283 g/mol. The van der Waals surface area contributed by atoms with Crippen molar-refractivity contribution in [1.29, 1.82) is 0 Å². The van der Waals surface area contributed by atoms with E-state index in [1.54, 1.807) is 0 Å². The van der Waals surface area contributed by atoms with Crippen LogP contribution in [0.5, 0.6) is 0 Å². The summed E-state index contributed by atoms with van der Waals surface area (Å²) in [6, 6.07) is 0. The second-order valence-electron chi connectivity index (χ2n) is 5.76. The Kier molecular flexibility index (Phi) is 8.66. The molecule has 5 heteroatoms. The van der Waals surface area contributed by atoms with E-state index in [0.717, 1.165) is 25.9 Å². The molecule has 1 atom stereocenters. The van der Waals surface area contributed by atoms with Crippen LogP contribution in [-0.4, -0.2) is 32.5 Å². The summed E-state index contributed by atoms with van der Waals surface area (Å²) in [5, 5.41) is 3.40. The van der Waals surface area contributed by atoms with Crippen LogP contribution in [-0.2, 0) is 4.74 Å². The highest BCUT2D eigenvalue weighted by Crippen LogP contribution is 2.31. The summed E-state index contributed by atoms with van der Waals surface area (Å²) in [6.45, 7) is 9.53. The zero-order valence-corrected chi connectivity index (χ0v) is 12.6. The first-order valence-electron chi connectivity index (χ1n) is 7.06. The molecule has 0 aromatic rings. The highest BCUT2D eigenvalue weighted by atomic mass is 19.4. The molecule has 0 aromatic carbocycles. The lowest BCUT2D eigenvalue weighted by atomic mass is 9.75. The standard InChI is InChI=1S/C14H28F3NO/c1-5-8-18-10-13(4,12(2)3)7-6-9-19-11-14(15,16)17/h12,18H,5-11H2,1-4H3. The molecular formula is C14H28F3NO. The van der Waals surface area contributed by atoms with Crippen molar-refractivity contribution in [2.24, 2.45) is 11.3 Å². The first-order valence-corrected chi connectivity index (χ1v) is 7.06. The minimum atomic E-state index is -4.22. The molecule has 116 valence electrons. The second kappa shape index (κ2) is 8.80. The molecule has 0 fully saturated rings. The van der Waals surface area contributed by atoms with E-state index in [2.05, 4.69) is 37.7 Å². The average molecular weight is 283 g/mol. The lowest BCUT2D eigenvalue weighted by Crippen LogP contribution is -2.36. The minimum absolute atomic E-state index is 0.108. The van der Waals surface area contributed by atoms with Gasteiger partial charge in [-0.05, 0) is 37.1 Å². The van der Waals surface area contributed by atoms with Crippen LogP contribution in [0.2, 0.25) is 0 Å². The Morgan fingerprint density at radius 3 is 2.32 bits per heavy atom. The zero-order chi connectivity index (χ0) is 14.9. The zero-order valence-electron chi connectivity index (χ0n) is 12.6. The maximum atomic E-state index is 11.9. The maximum absolute atomic E-state index is 11.9. The van der Waals surface area contributed by atoms with Gasteiger partial charge >= 0.3 is 6.18 Å². The molecule has 1 N–H and O–H groups in total. The van der Waals surface area contributed by atoms with Crippen molar-refractivity contribution in [3.8, 4) is 0 Å². The van der Waals surface area contributed by atoms with Gasteiger partial charge < -0.3 is 10.1 Å². The molecule has 19 heavy (non-hydrogen) atoms. The smallest absolute Gasteiger partial charge is 0.372 e. The van der Waals surface area contributed by atoms with Gasteiger partial charge in [0.1, 0.15) is 6.61 Å². The van der Waals surface area contributed by atoms with Crippen LogP contribution in [0.15, 0.2) is 0 Å². The summed E-state index contributed by atoms with van der Waals surface area (Å²) in [6.07, 6.45) is -1.59. The van der Waals surface area contributed by atoms with Gasteiger partial charge in [0, 0.05) is 13.2 Å². The van der Waals surface area contributed by atoms with Crippen molar-refractivity contribution in [1.82, 2.24) is 5.32 Å². The van der Waals surface area contributed by atoms with Crippen LogP contribution >= 0.6 is 0 Å². The molecule has 0 spiro atoms. The summed E-state index contributed by atoms with van der Waals surface area (Å²) < 4.78 is 40.4. The Labute approximate surface area is 115 Å². The highest BCUT2D eigenvalue weighted by molar-refractivity contribution is 4.80. The topological polar surface area (TPSA) is 21.3 Å². The van der Waals surface area contributed by atoms with Crippen LogP contribution in [0.4, 0.5) is 13.2 Å². The molecule has 0 radical (unpaired) electrons. The number of hydrogen-bond acceptors (Lipinski definition) is 2. The number of hydrogen-bond donors (Lipinski definition) is 1. The third-order valence-electron chi connectivity index (χ3n) is 3.65. The van der Waals surface area contributed by atoms with E-state index in [9.17, 15) is 13.2 Å². The van der Waals surface area contributed by atoms with Gasteiger partial charge in [-0.1, -0.05) is 27.7 Å². The van der Waals surface area contributed by atoms with Crippen molar-refractivity contribution >= 4 is 0 Å². The van der Waals surface area contributed by atoms with Crippen molar-refractivity contribution in [3.63, 3.8) is 0 Å². The van der Waals surface area contributed by atoms with Gasteiger partial charge in [0.2, 0.25) is 0 Å². The number of rotatable bonds is 10. The number of ether oxygens (including phenoxy) is 1. The van der Waals surface area contributed by atoms with Gasteiger partial charge in [0.15, 0.2) is 0 Å². The molecule has 0 saturated heterocycles. The van der Waals surface area contributed by atoms with Gasteiger partial charge in [0.05, 0.1) is 0 Å². The summed E-state index contributed by atoms with van der Waals surface area (Å²) >= 11 is 0. The first-order chi connectivity index (χ1) is 8.71. The Morgan fingerprint density at radius 1 is 1.21 bits per heavy atom. The fraction of sp³-hybridized carbons (Fsp3) is 1.00. The molecule has 1 unspecified atom stereocenters. The van der Waals surface area contributed by atoms with Crippen molar-refractivity contribution < 1.29 is 17.9 Å². The predicted molar refractivity (Wildman–Crippen MR) is 72.2 cm³/mol. The van der Waals surface area contributed by atoms with E-state index >= 15 is 0 Å². The number of nitrogens with one attached hydrogen (secondary N) is 1. The van der Waals surface area contributed by atoms with Crippen molar-refractivity contribution in [2.45, 2.75) is 53.1 Å². The van der Waals surface area contributed by atoms with Gasteiger partial charge in [-0.25, -0.2) is 0 Å². The fourth-order valence-electron chi connectivity index (χ4n) is 1.90. The molecule has 0 rings (SSSR count). The molecule has 0 aliphatic heterocycles. The lowest BCUT2D eigenvalue weighted by molar-refractivity contribution is -0.174. The Balaban J connectivity index is 3.94. The van der Waals surface area contributed by atoms with E-state index < -0.39 is 12.8 Å². The summed E-state index contributed by atoms with van der Waals surface area (Å²) in [5.74, 6) is 0.486. The Bertz CT molecular complexity index is 231. The lowest BCUT2D eigenvalue weighted by Gasteiger charge is -2.34. The van der Waals surface area contributed by atoms with Crippen molar-refractivity contribution in [2.75, 3.05) is 26.3 Å². The molecule has 2 nitrogen and oxygen atoms in total. The second-order valence-corrected chi connectivity index (χ2v) is 5.76. The summed E-state index contributed by atoms with van der Waals surface area (Å²) in [4.78, 5) is 0.